The molecule has 0 spiro atoms. The molecule has 0 fully saturated rings. The summed E-state index contributed by atoms with van der Waals surface area (Å²) in [6.07, 6.45) is 0. The van der Waals surface area contributed by atoms with E-state index in [1.54, 1.807) is 0 Å². The first kappa shape index (κ1) is 47.0. The third-order valence-corrected chi connectivity index (χ3v) is 16.5. The summed E-state index contributed by atoms with van der Waals surface area (Å²) >= 11 is 1.19. The monoisotopic (exact) mass is 1040 g/mol. The van der Waals surface area contributed by atoms with Crippen LogP contribution in [0.3, 0.4) is 0 Å². The summed E-state index contributed by atoms with van der Waals surface area (Å²) in [7, 11) is 3.36. The van der Waals surface area contributed by atoms with Crippen LogP contribution in [-0.4, -0.2) is 0 Å². The maximum absolute atomic E-state index is 7.50. The Morgan fingerprint density at radius 2 is 0.295 bits per heavy atom. The maximum atomic E-state index is 7.50. The molecule has 0 heterocycles. The number of halogens is 1. The SMILES string of the molecule is [C-]#[O+].[Cl][OsH].c1ccc(P(c2ccccc2)c2ccccc2)cc1.c1ccc(P(c2ccccc2)c2ccccc2)cc1.c1ccc(P(c2ccccc2)c2ccccc2)cc1. The van der Waals surface area contributed by atoms with Crippen molar-refractivity contribution in [3.63, 3.8) is 0 Å². The quantitative estimate of drug-likeness (QED) is 0.0780. The van der Waals surface area contributed by atoms with Gasteiger partial charge in [-0.3, -0.25) is 0 Å². The molecule has 1 nitrogen and oxygen atoms in total. The van der Waals surface area contributed by atoms with Gasteiger partial charge in [0.25, 0.3) is 0 Å². The van der Waals surface area contributed by atoms with Gasteiger partial charge in [0.1, 0.15) is 0 Å². The fourth-order valence-electron chi connectivity index (χ4n) is 6.54. The average molecular weight is 1040 g/mol. The summed E-state index contributed by atoms with van der Waals surface area (Å²) < 4.78 is 7.50. The molecule has 0 aliphatic heterocycles. The zero-order chi connectivity index (χ0) is 42.7. The van der Waals surface area contributed by atoms with Crippen LogP contribution in [0.5, 0.6) is 0 Å². The number of hydrogen-bond acceptors (Lipinski definition) is 0. The van der Waals surface area contributed by atoms with Crippen molar-refractivity contribution in [2.45, 2.75) is 0 Å². The molecule has 61 heavy (non-hydrogen) atoms. The van der Waals surface area contributed by atoms with Crippen molar-refractivity contribution in [2.24, 2.45) is 0 Å². The van der Waals surface area contributed by atoms with Crippen LogP contribution >= 0.6 is 33.4 Å². The van der Waals surface area contributed by atoms with Crippen molar-refractivity contribution in [1.29, 1.82) is 0 Å². The van der Waals surface area contributed by atoms with E-state index < -0.39 is 23.8 Å². The van der Waals surface area contributed by atoms with Crippen LogP contribution < -0.4 is 47.7 Å². The van der Waals surface area contributed by atoms with E-state index in [4.69, 9.17) is 14.3 Å². The van der Waals surface area contributed by atoms with Crippen molar-refractivity contribution < 1.29 is 22.3 Å². The summed E-state index contributed by atoms with van der Waals surface area (Å²) in [6.45, 7) is 4.50. The van der Waals surface area contributed by atoms with E-state index in [0.717, 1.165) is 0 Å². The van der Waals surface area contributed by atoms with E-state index in [1.165, 1.54) is 65.3 Å². The normalized spacial score (nSPS) is 10.0. The van der Waals surface area contributed by atoms with Crippen LogP contribution in [0.25, 0.3) is 0 Å². The molecule has 0 radical (unpaired) electrons. The van der Waals surface area contributed by atoms with Gasteiger partial charge in [-0.2, -0.15) is 0 Å². The van der Waals surface area contributed by atoms with Crippen LogP contribution in [-0.2, 0) is 22.3 Å². The Labute approximate surface area is 380 Å². The zero-order valence-electron chi connectivity index (χ0n) is 33.5. The number of rotatable bonds is 9. The molecule has 0 unspecified atom stereocenters. The molecule has 9 aromatic rings. The van der Waals surface area contributed by atoms with Crippen LogP contribution in [0.1, 0.15) is 0 Å². The van der Waals surface area contributed by atoms with E-state index in [9.17, 15) is 0 Å². The van der Waals surface area contributed by atoms with Gasteiger partial charge in [-0.25, -0.2) is 0 Å². The smallest absolute Gasteiger partial charge is 0.0134 e. The Morgan fingerprint density at radius 1 is 0.213 bits per heavy atom. The second kappa shape index (κ2) is 27.7. The molecule has 0 saturated heterocycles. The molecule has 0 bridgehead atoms. The van der Waals surface area contributed by atoms with E-state index in [0.29, 0.717) is 0 Å². The van der Waals surface area contributed by atoms with Gasteiger partial charge in [0.15, 0.2) is 0 Å². The molecule has 0 aliphatic carbocycles. The first-order chi connectivity index (χ1) is 30.3. The third-order valence-electron chi connectivity index (χ3n) is 9.13. The molecule has 0 aliphatic rings. The second-order valence-corrected chi connectivity index (χ2v) is 19.7. The van der Waals surface area contributed by atoms with Crippen molar-refractivity contribution in [2.75, 3.05) is 0 Å². The summed E-state index contributed by atoms with van der Waals surface area (Å²) in [5, 5.41) is 12.6. The zero-order valence-corrected chi connectivity index (χ0v) is 39.6. The fourth-order valence-corrected chi connectivity index (χ4v) is 13.5. The van der Waals surface area contributed by atoms with Gasteiger partial charge in [-0.05, 0) is 71.5 Å². The molecule has 6 heteroatoms. The first-order valence-corrected chi connectivity index (χ1v) is 26.9. The Balaban J connectivity index is 0.000000166. The number of hydrogen-bond donors (Lipinski definition) is 0. The molecular formula is C55H46ClOOsP3. The average Bonchev–Trinajstić information content (AvgIpc) is 3.37. The van der Waals surface area contributed by atoms with Crippen molar-refractivity contribution >= 4 is 81.1 Å². The molecular weight excluding hydrogens is 995 g/mol. The van der Waals surface area contributed by atoms with Crippen LogP contribution in [0.2, 0.25) is 0 Å². The topological polar surface area (TPSA) is 19.9 Å². The van der Waals surface area contributed by atoms with Crippen molar-refractivity contribution in [1.82, 2.24) is 0 Å². The van der Waals surface area contributed by atoms with E-state index in [-0.39, 0.29) is 0 Å². The van der Waals surface area contributed by atoms with Gasteiger partial charge < -0.3 is 0 Å². The Hall–Kier alpha value is -5.06. The van der Waals surface area contributed by atoms with E-state index >= 15 is 0 Å². The van der Waals surface area contributed by atoms with Gasteiger partial charge in [-0.1, -0.05) is 273 Å². The second-order valence-electron chi connectivity index (χ2n) is 13.0. The predicted molar refractivity (Wildman–Crippen MR) is 267 cm³/mol. The number of benzene rings is 9. The van der Waals surface area contributed by atoms with E-state index in [2.05, 4.69) is 280 Å². The largest absolute Gasteiger partial charge is 0.0622 e. The molecule has 302 valence electrons. The summed E-state index contributed by atoms with van der Waals surface area (Å²) in [6, 6.07) is 97.0. The Bertz CT molecular complexity index is 1920. The van der Waals surface area contributed by atoms with Crippen LogP contribution in [0.4, 0.5) is 0 Å². The minimum absolute atomic E-state index is 0.446. The van der Waals surface area contributed by atoms with Crippen molar-refractivity contribution in [3.8, 4) is 0 Å². The van der Waals surface area contributed by atoms with Gasteiger partial charge in [0.2, 0.25) is 0 Å². The minimum Gasteiger partial charge on any atom is -0.0622 e. The molecule has 0 N–H and O–H groups in total. The summed E-state index contributed by atoms with van der Waals surface area (Å²) in [4.78, 5) is 0. The summed E-state index contributed by atoms with van der Waals surface area (Å²) in [5.41, 5.74) is 0. The summed E-state index contributed by atoms with van der Waals surface area (Å²) in [5.74, 6) is 0. The van der Waals surface area contributed by atoms with Gasteiger partial charge in [-0.15, -0.1) is 0 Å². The fraction of sp³-hybridized carbons (Fsp3) is 0. The third kappa shape index (κ3) is 14.5. The maximum Gasteiger partial charge on any atom is -0.0134 e. The van der Waals surface area contributed by atoms with Crippen LogP contribution in [0.15, 0.2) is 273 Å². The van der Waals surface area contributed by atoms with Gasteiger partial charge in [0, 0.05) is 0 Å². The first-order valence-electron chi connectivity index (χ1n) is 19.6. The Kier molecular flexibility index (Phi) is 21.4. The standard InChI is InChI=1S/3C18H15P.CO.ClH.Os.H/c3*1-4-10-16(11-5-1)19(17-12-6-2-7-13-17)18-14-8-3-9-15-18;1-2;;;/h3*1-15H;;1H;;/q;;;;;+1;/p-1. The molecule has 0 saturated carbocycles. The van der Waals surface area contributed by atoms with E-state index in [1.807, 2.05) is 0 Å². The van der Waals surface area contributed by atoms with Gasteiger partial charge >= 0.3 is 38.5 Å². The van der Waals surface area contributed by atoms with Crippen LogP contribution in [0, 0.1) is 6.65 Å². The molecule has 9 rings (SSSR count). The minimum atomic E-state index is -0.446. The molecule has 0 aromatic heterocycles. The molecule has 9 aromatic carbocycles. The Morgan fingerprint density at radius 3 is 0.377 bits per heavy atom. The molecule has 0 amide bonds. The predicted octanol–water partition coefficient (Wildman–Crippen LogP) is 10.7. The van der Waals surface area contributed by atoms with Crippen molar-refractivity contribution in [3.05, 3.63) is 280 Å². The van der Waals surface area contributed by atoms with Gasteiger partial charge in [0.05, 0.1) is 0 Å². The molecule has 0 atom stereocenters.